The molecular weight excluding hydrogens is 563 g/mol. The van der Waals surface area contributed by atoms with Crippen LogP contribution in [-0.4, -0.2) is 45.9 Å². The van der Waals surface area contributed by atoms with E-state index in [9.17, 15) is 15.2 Å². The summed E-state index contributed by atoms with van der Waals surface area (Å²) in [7, 11) is 1.59. The van der Waals surface area contributed by atoms with Crippen molar-refractivity contribution in [3.8, 4) is 29.0 Å². The number of halogens is 1. The number of nitriles is 1. The molecule has 0 radical (unpaired) electrons. The Morgan fingerprint density at radius 1 is 1.11 bits per heavy atom. The number of carbonyl (C=O) groups is 1. The Morgan fingerprint density at radius 2 is 1.98 bits per heavy atom. The first-order valence-electron chi connectivity index (χ1n) is 14.2. The first kappa shape index (κ1) is 28.8. The monoisotopic (exact) mass is 592 g/mol. The second-order valence-corrected chi connectivity index (χ2v) is 10.5. The Labute approximate surface area is 253 Å². The van der Waals surface area contributed by atoms with Gasteiger partial charge in [0.15, 0.2) is 0 Å². The van der Waals surface area contributed by atoms with Crippen molar-refractivity contribution in [3.05, 3.63) is 106 Å². The average molecular weight is 593 g/mol. The van der Waals surface area contributed by atoms with Crippen LogP contribution in [0.5, 0.6) is 11.6 Å². The Balaban J connectivity index is 1.22. The summed E-state index contributed by atoms with van der Waals surface area (Å²) in [4.78, 5) is 20.8. The van der Waals surface area contributed by atoms with Crippen molar-refractivity contribution in [1.29, 1.82) is 5.26 Å². The molecule has 6 rings (SSSR count). The molecular formula is C34H29FN4O5. The van der Waals surface area contributed by atoms with Gasteiger partial charge in [0.05, 0.1) is 47.1 Å². The molecule has 5 aromatic rings. The van der Waals surface area contributed by atoms with Crippen LogP contribution in [-0.2, 0) is 30.7 Å². The van der Waals surface area contributed by atoms with Gasteiger partial charge in [-0.1, -0.05) is 24.3 Å². The van der Waals surface area contributed by atoms with Crippen LogP contribution >= 0.6 is 0 Å². The van der Waals surface area contributed by atoms with Crippen LogP contribution in [0, 0.1) is 17.1 Å². The van der Waals surface area contributed by atoms with E-state index in [0.717, 1.165) is 24.0 Å². The molecule has 3 aromatic carbocycles. The highest BCUT2D eigenvalue weighted by atomic mass is 19.1. The maximum atomic E-state index is 15.5. The fourth-order valence-corrected chi connectivity index (χ4v) is 5.45. The van der Waals surface area contributed by atoms with Crippen LogP contribution in [0.2, 0.25) is 0 Å². The van der Waals surface area contributed by atoms with E-state index in [-0.39, 0.29) is 18.6 Å². The zero-order valence-electron chi connectivity index (χ0n) is 24.0. The van der Waals surface area contributed by atoms with Gasteiger partial charge in [0.25, 0.3) is 0 Å². The van der Waals surface area contributed by atoms with Crippen molar-refractivity contribution >= 4 is 17.0 Å². The lowest BCUT2D eigenvalue weighted by Gasteiger charge is -2.21. The Morgan fingerprint density at radius 3 is 2.77 bits per heavy atom. The van der Waals surface area contributed by atoms with Crippen LogP contribution in [0.1, 0.15) is 44.9 Å². The quantitative estimate of drug-likeness (QED) is 0.211. The highest BCUT2D eigenvalue weighted by Gasteiger charge is 2.20. The summed E-state index contributed by atoms with van der Waals surface area (Å²) >= 11 is 0. The number of fused-ring (bicyclic) bond motifs is 2. The van der Waals surface area contributed by atoms with Gasteiger partial charge in [-0.05, 0) is 54.8 Å². The maximum absolute atomic E-state index is 15.5. The second kappa shape index (κ2) is 12.5. The van der Waals surface area contributed by atoms with Crippen LogP contribution in [0.15, 0.2) is 66.7 Å². The number of pyridine rings is 1. The number of benzene rings is 3. The van der Waals surface area contributed by atoms with Gasteiger partial charge in [-0.15, -0.1) is 0 Å². The van der Waals surface area contributed by atoms with Crippen molar-refractivity contribution in [2.75, 3.05) is 20.3 Å². The molecule has 1 N–H and O–H groups in total. The first-order chi connectivity index (χ1) is 21.4. The van der Waals surface area contributed by atoms with Crippen LogP contribution in [0.3, 0.4) is 0 Å². The van der Waals surface area contributed by atoms with E-state index >= 15 is 4.39 Å². The van der Waals surface area contributed by atoms with Crippen LogP contribution in [0.4, 0.5) is 4.39 Å². The molecule has 0 spiro atoms. The fraction of sp³-hybridized carbons (Fsp3) is 0.235. The maximum Gasteiger partial charge on any atom is 0.335 e. The van der Waals surface area contributed by atoms with Gasteiger partial charge in [-0.3, -0.25) is 0 Å². The third-order valence-electron chi connectivity index (χ3n) is 7.67. The van der Waals surface area contributed by atoms with Gasteiger partial charge in [0.1, 0.15) is 24.0 Å². The van der Waals surface area contributed by atoms with Crippen molar-refractivity contribution < 1.29 is 28.5 Å². The molecule has 2 aromatic heterocycles. The number of imidazole rings is 1. The van der Waals surface area contributed by atoms with E-state index in [0.29, 0.717) is 70.6 Å². The van der Waals surface area contributed by atoms with Gasteiger partial charge in [-0.25, -0.2) is 19.2 Å². The lowest BCUT2D eigenvalue weighted by atomic mass is 9.97. The van der Waals surface area contributed by atoms with E-state index < -0.39 is 11.8 Å². The number of carboxylic acid groups (broad SMARTS) is 1. The van der Waals surface area contributed by atoms with Crippen LogP contribution in [0.25, 0.3) is 22.3 Å². The van der Waals surface area contributed by atoms with E-state index in [4.69, 9.17) is 14.2 Å². The lowest BCUT2D eigenvalue weighted by Crippen LogP contribution is -2.13. The molecule has 1 aliphatic heterocycles. The number of methoxy groups -OCH3 is 1. The minimum Gasteiger partial charge on any atom is -0.493 e. The van der Waals surface area contributed by atoms with E-state index in [1.807, 2.05) is 10.6 Å². The summed E-state index contributed by atoms with van der Waals surface area (Å²) in [5.74, 6) is 0.262. The molecule has 0 saturated carbocycles. The molecule has 9 nitrogen and oxygen atoms in total. The van der Waals surface area contributed by atoms with Gasteiger partial charge in [0.2, 0.25) is 5.88 Å². The topological polar surface area (TPSA) is 119 Å². The molecule has 0 atom stereocenters. The molecule has 0 unspecified atom stereocenters. The summed E-state index contributed by atoms with van der Waals surface area (Å²) in [5.41, 5.74) is 5.41. The van der Waals surface area contributed by atoms with Crippen molar-refractivity contribution in [1.82, 2.24) is 14.5 Å². The minimum absolute atomic E-state index is 0.154. The molecule has 1 aliphatic rings. The van der Waals surface area contributed by atoms with E-state index in [1.54, 1.807) is 55.6 Å². The van der Waals surface area contributed by atoms with Crippen molar-refractivity contribution in [2.24, 2.45) is 0 Å². The number of hydrogen-bond donors (Lipinski definition) is 1. The smallest absolute Gasteiger partial charge is 0.335 e. The Kier molecular flexibility index (Phi) is 8.21. The number of nitrogens with zero attached hydrogens (tertiary/aromatic N) is 4. The Hall–Kier alpha value is -5.27. The number of carboxylic acids is 1. The van der Waals surface area contributed by atoms with E-state index in [2.05, 4.69) is 16.0 Å². The first-order valence-corrected chi connectivity index (χ1v) is 14.2. The van der Waals surface area contributed by atoms with Crippen LogP contribution < -0.4 is 9.47 Å². The molecule has 222 valence electrons. The summed E-state index contributed by atoms with van der Waals surface area (Å²) in [6, 6.07) is 20.9. The molecule has 44 heavy (non-hydrogen) atoms. The molecule has 0 fully saturated rings. The molecule has 0 bridgehead atoms. The summed E-state index contributed by atoms with van der Waals surface area (Å²) in [6.45, 7) is 1.65. The predicted octanol–water partition coefficient (Wildman–Crippen LogP) is 5.95. The molecule has 0 amide bonds. The molecule has 3 heterocycles. The molecule has 0 aliphatic carbocycles. The highest BCUT2D eigenvalue weighted by Crippen LogP contribution is 2.33. The highest BCUT2D eigenvalue weighted by molar-refractivity contribution is 5.92. The second-order valence-electron chi connectivity index (χ2n) is 10.5. The third kappa shape index (κ3) is 5.82. The van der Waals surface area contributed by atoms with Gasteiger partial charge < -0.3 is 23.9 Å². The number of ether oxygens (including phenoxy) is 3. The molecule has 0 saturated heterocycles. The number of hydrogen-bond acceptors (Lipinski definition) is 7. The van der Waals surface area contributed by atoms with Crippen molar-refractivity contribution in [2.45, 2.75) is 32.4 Å². The zero-order chi connectivity index (χ0) is 30.6. The fourth-order valence-electron chi connectivity index (χ4n) is 5.45. The van der Waals surface area contributed by atoms with Gasteiger partial charge >= 0.3 is 5.97 Å². The average Bonchev–Trinajstić information content (AvgIpc) is 3.39. The number of aromatic nitrogens is 3. The summed E-state index contributed by atoms with van der Waals surface area (Å²) < 4.78 is 34.5. The Bertz CT molecular complexity index is 1910. The number of rotatable bonds is 10. The van der Waals surface area contributed by atoms with Gasteiger partial charge in [0, 0.05) is 42.8 Å². The standard InChI is InChI=1S/C34H29FN4O5/c1-42-15-13-39-30-17-23(34(40)41)11-12-29(30)37-31(39)18-21-7-8-22(16-27(21)35)28-5-2-6-32(38-28)44-20-25-10-9-24(19-36)26-4-3-14-43-33(25)26/h2,5-12,16-17H,3-4,13-15,18,20H2,1H3,(H,40,41). The van der Waals surface area contributed by atoms with Crippen molar-refractivity contribution in [3.63, 3.8) is 0 Å². The normalized spacial score (nSPS) is 12.4. The van der Waals surface area contributed by atoms with E-state index in [1.165, 1.54) is 12.1 Å². The largest absolute Gasteiger partial charge is 0.493 e. The molecule has 10 heteroatoms. The number of aromatic carboxylic acids is 1. The summed E-state index contributed by atoms with van der Waals surface area (Å²) in [6.07, 6.45) is 1.87. The minimum atomic E-state index is -1.03. The van der Waals surface area contributed by atoms with Gasteiger partial charge in [-0.2, -0.15) is 5.26 Å². The zero-order valence-corrected chi connectivity index (χ0v) is 24.0. The SMILES string of the molecule is COCCn1c(Cc2ccc(-c3cccc(OCc4ccc(C#N)c5c4OCCC5)n3)cc2F)nc2ccc(C(=O)O)cc21. The lowest BCUT2D eigenvalue weighted by molar-refractivity contribution is 0.0697. The predicted molar refractivity (Wildman–Crippen MR) is 160 cm³/mol. The summed E-state index contributed by atoms with van der Waals surface area (Å²) in [5, 5.41) is 18.9. The third-order valence-corrected chi connectivity index (χ3v) is 7.67.